The van der Waals surface area contributed by atoms with Crippen molar-refractivity contribution in [2.24, 2.45) is 5.73 Å². The van der Waals surface area contributed by atoms with E-state index in [1.807, 2.05) is 32.6 Å². The van der Waals surface area contributed by atoms with Gasteiger partial charge in [-0.1, -0.05) is 0 Å². The SMILES string of the molecule is NC1CCN(C(=O)C2CCCN2c2nc(Nc3cc(C4CC4)[nH]n3)c3cccn3n2)C1. The Morgan fingerprint density at radius 2 is 2.13 bits per heavy atom. The number of H-pyrrole nitrogens is 1. The van der Waals surface area contributed by atoms with E-state index in [1.165, 1.54) is 12.8 Å². The molecule has 0 radical (unpaired) electrons. The first kappa shape index (κ1) is 18.6. The molecule has 1 aliphatic carbocycles. The molecule has 0 bridgehead atoms. The average Bonchev–Trinajstić information content (AvgIpc) is 3.22. The summed E-state index contributed by atoms with van der Waals surface area (Å²) in [6.45, 7) is 2.13. The van der Waals surface area contributed by atoms with Crippen molar-refractivity contribution < 1.29 is 4.79 Å². The quantitative estimate of drug-likeness (QED) is 0.572. The minimum Gasteiger partial charge on any atom is -0.339 e. The van der Waals surface area contributed by atoms with Gasteiger partial charge in [-0.15, -0.1) is 5.10 Å². The van der Waals surface area contributed by atoms with Crippen LogP contribution in [0, 0.1) is 0 Å². The molecular formula is C21H27N9O. The molecule has 0 spiro atoms. The first-order chi connectivity index (χ1) is 15.2. The van der Waals surface area contributed by atoms with Gasteiger partial charge in [-0.2, -0.15) is 10.1 Å². The Bertz CT molecular complexity index is 1120. The molecule has 5 heterocycles. The second kappa shape index (κ2) is 7.23. The monoisotopic (exact) mass is 421 g/mol. The average molecular weight is 422 g/mol. The Hall–Kier alpha value is -3.14. The number of anilines is 3. The maximum Gasteiger partial charge on any atom is 0.246 e. The number of nitrogens with two attached hydrogens (primary N) is 1. The Balaban J connectivity index is 1.30. The summed E-state index contributed by atoms with van der Waals surface area (Å²) in [5.41, 5.74) is 8.05. The maximum atomic E-state index is 13.2. The van der Waals surface area contributed by atoms with Crippen molar-refractivity contribution in [2.45, 2.75) is 50.1 Å². The summed E-state index contributed by atoms with van der Waals surface area (Å²) in [6.07, 6.45) is 6.95. The molecule has 31 heavy (non-hydrogen) atoms. The van der Waals surface area contributed by atoms with Crippen molar-refractivity contribution in [3.63, 3.8) is 0 Å². The van der Waals surface area contributed by atoms with Crippen LogP contribution < -0.4 is 16.0 Å². The lowest BCUT2D eigenvalue weighted by Crippen LogP contribution is -2.46. The molecule has 2 atom stereocenters. The highest BCUT2D eigenvalue weighted by atomic mass is 16.2. The molecule has 2 unspecified atom stereocenters. The Labute approximate surface area is 179 Å². The first-order valence-corrected chi connectivity index (χ1v) is 11.1. The van der Waals surface area contributed by atoms with Gasteiger partial charge < -0.3 is 20.9 Å². The highest BCUT2D eigenvalue weighted by Crippen LogP contribution is 2.39. The van der Waals surface area contributed by atoms with Gasteiger partial charge in [-0.3, -0.25) is 9.89 Å². The van der Waals surface area contributed by atoms with Gasteiger partial charge in [0, 0.05) is 49.6 Å². The molecule has 10 nitrogen and oxygen atoms in total. The largest absolute Gasteiger partial charge is 0.339 e. The second-order valence-corrected chi connectivity index (χ2v) is 8.89. The van der Waals surface area contributed by atoms with Crippen LogP contribution in [0.15, 0.2) is 24.4 Å². The summed E-state index contributed by atoms with van der Waals surface area (Å²) in [5.74, 6) is 2.73. The van der Waals surface area contributed by atoms with Crippen LogP contribution in [0.4, 0.5) is 17.6 Å². The molecule has 2 saturated heterocycles. The number of carbonyl (C=O) groups is 1. The molecule has 4 N–H and O–H groups in total. The number of likely N-dealkylation sites (tertiary alicyclic amines) is 1. The standard InChI is InChI=1S/C21H27N9O/c22-14-7-10-28(12-14)20(31)17-4-1-8-29(17)21-24-19(16-3-2-9-30(16)27-21)23-18-11-15(25-26-18)13-5-6-13/h2-3,9,11,13-14,17H,1,4-8,10,12,22H2,(H2,23,24,25,26,27). The normalized spacial score (nSPS) is 23.8. The highest BCUT2D eigenvalue weighted by Gasteiger charge is 2.37. The van der Waals surface area contributed by atoms with Crippen LogP contribution >= 0.6 is 0 Å². The fraction of sp³-hybridized carbons (Fsp3) is 0.524. The predicted octanol–water partition coefficient (Wildman–Crippen LogP) is 1.60. The van der Waals surface area contributed by atoms with Crippen molar-refractivity contribution in [2.75, 3.05) is 29.9 Å². The number of rotatable bonds is 5. The third-order valence-corrected chi connectivity index (χ3v) is 6.57. The van der Waals surface area contributed by atoms with Crippen LogP contribution in [0.25, 0.3) is 5.52 Å². The molecule has 3 aromatic heterocycles. The third-order valence-electron chi connectivity index (χ3n) is 6.57. The highest BCUT2D eigenvalue weighted by molar-refractivity contribution is 5.86. The van der Waals surface area contributed by atoms with Gasteiger partial charge in [0.15, 0.2) is 11.6 Å². The number of nitrogens with one attached hydrogen (secondary N) is 2. The van der Waals surface area contributed by atoms with Gasteiger partial charge >= 0.3 is 0 Å². The van der Waals surface area contributed by atoms with Gasteiger partial charge in [0.25, 0.3) is 0 Å². The predicted molar refractivity (Wildman–Crippen MR) is 116 cm³/mol. The van der Waals surface area contributed by atoms with Crippen molar-refractivity contribution in [3.05, 3.63) is 30.1 Å². The molecule has 0 aromatic carbocycles. The topological polar surface area (TPSA) is 120 Å². The number of fused-ring (bicyclic) bond motifs is 1. The van der Waals surface area contributed by atoms with E-state index >= 15 is 0 Å². The Morgan fingerprint density at radius 1 is 1.23 bits per heavy atom. The summed E-state index contributed by atoms with van der Waals surface area (Å²) < 4.78 is 1.81. The number of carbonyl (C=O) groups excluding carboxylic acids is 1. The van der Waals surface area contributed by atoms with Crippen molar-refractivity contribution in [1.82, 2.24) is 29.7 Å². The molecule has 10 heteroatoms. The molecular weight excluding hydrogens is 394 g/mol. The van der Waals surface area contributed by atoms with Crippen LogP contribution in [0.3, 0.4) is 0 Å². The summed E-state index contributed by atoms with van der Waals surface area (Å²) >= 11 is 0. The molecule has 3 aromatic rings. The van der Waals surface area contributed by atoms with Crippen LogP contribution in [-0.2, 0) is 4.79 Å². The Kier molecular flexibility index (Phi) is 4.34. The molecule has 3 aliphatic rings. The summed E-state index contributed by atoms with van der Waals surface area (Å²) in [7, 11) is 0. The zero-order valence-electron chi connectivity index (χ0n) is 17.4. The zero-order valence-corrected chi connectivity index (χ0v) is 17.4. The van der Waals surface area contributed by atoms with E-state index in [0.29, 0.717) is 24.2 Å². The molecule has 6 rings (SSSR count). The van der Waals surface area contributed by atoms with Gasteiger partial charge in [0.2, 0.25) is 11.9 Å². The van der Waals surface area contributed by atoms with E-state index < -0.39 is 0 Å². The maximum absolute atomic E-state index is 13.2. The van der Waals surface area contributed by atoms with E-state index in [9.17, 15) is 4.79 Å². The lowest BCUT2D eigenvalue weighted by atomic mass is 10.2. The van der Waals surface area contributed by atoms with Crippen molar-refractivity contribution in [3.8, 4) is 0 Å². The Morgan fingerprint density at radius 3 is 2.94 bits per heavy atom. The van der Waals surface area contributed by atoms with Gasteiger partial charge in [-0.05, 0) is 44.2 Å². The number of nitrogens with zero attached hydrogens (tertiary/aromatic N) is 6. The minimum atomic E-state index is -0.238. The van der Waals surface area contributed by atoms with Crippen LogP contribution in [0.2, 0.25) is 0 Å². The summed E-state index contributed by atoms with van der Waals surface area (Å²) in [5, 5.41) is 15.6. The van der Waals surface area contributed by atoms with Gasteiger partial charge in [0.1, 0.15) is 11.6 Å². The molecule has 162 valence electrons. The third kappa shape index (κ3) is 3.40. The minimum absolute atomic E-state index is 0.0801. The number of hydrogen-bond acceptors (Lipinski definition) is 7. The fourth-order valence-corrected chi connectivity index (χ4v) is 4.72. The first-order valence-electron chi connectivity index (χ1n) is 11.1. The van der Waals surface area contributed by atoms with E-state index in [-0.39, 0.29) is 18.0 Å². The van der Waals surface area contributed by atoms with Crippen molar-refractivity contribution >= 4 is 29.0 Å². The van der Waals surface area contributed by atoms with Gasteiger partial charge in [0.05, 0.1) is 0 Å². The van der Waals surface area contributed by atoms with E-state index in [4.69, 9.17) is 15.8 Å². The summed E-state index contributed by atoms with van der Waals surface area (Å²) in [4.78, 5) is 21.9. The van der Waals surface area contributed by atoms with Crippen LogP contribution in [0.5, 0.6) is 0 Å². The van der Waals surface area contributed by atoms with Crippen LogP contribution in [-0.4, -0.2) is 67.3 Å². The molecule has 1 saturated carbocycles. The van der Waals surface area contributed by atoms with E-state index in [1.54, 1.807) is 0 Å². The summed E-state index contributed by atoms with van der Waals surface area (Å²) in [6, 6.07) is 5.81. The van der Waals surface area contributed by atoms with Crippen molar-refractivity contribution in [1.29, 1.82) is 0 Å². The molecule has 2 aliphatic heterocycles. The number of aromatic amines is 1. The lowest BCUT2D eigenvalue weighted by molar-refractivity contribution is -0.131. The second-order valence-electron chi connectivity index (χ2n) is 8.89. The molecule has 1 amide bonds. The van der Waals surface area contributed by atoms with E-state index in [0.717, 1.165) is 49.4 Å². The number of amides is 1. The van der Waals surface area contributed by atoms with Crippen LogP contribution in [0.1, 0.15) is 43.7 Å². The van der Waals surface area contributed by atoms with E-state index in [2.05, 4.69) is 21.6 Å². The number of aromatic nitrogens is 5. The van der Waals surface area contributed by atoms with Gasteiger partial charge in [-0.25, -0.2) is 4.52 Å². The zero-order chi connectivity index (χ0) is 20.9. The fourth-order valence-electron chi connectivity index (χ4n) is 4.72. The molecule has 3 fully saturated rings. The lowest BCUT2D eigenvalue weighted by Gasteiger charge is -2.28. The smallest absolute Gasteiger partial charge is 0.246 e. The number of hydrogen-bond donors (Lipinski definition) is 3.